The summed E-state index contributed by atoms with van der Waals surface area (Å²) in [4.78, 5) is 38.2. The van der Waals surface area contributed by atoms with E-state index < -0.39 is 0 Å². The number of pyridine rings is 1. The van der Waals surface area contributed by atoms with E-state index >= 15 is 0 Å². The Bertz CT molecular complexity index is 1070. The lowest BCUT2D eigenvalue weighted by molar-refractivity contribution is -0.131. The molecule has 29 heavy (non-hydrogen) atoms. The maximum absolute atomic E-state index is 13.4. The summed E-state index contributed by atoms with van der Waals surface area (Å²) in [5, 5.41) is 0. The number of piperidine rings is 1. The van der Waals surface area contributed by atoms with E-state index in [1.165, 1.54) is 18.2 Å². The molecule has 0 radical (unpaired) electrons. The SMILES string of the molecule is O=C(Cc1cccc(F)c1)N1CCC[C@H](c2nc(-c3ccncc3)cc(=O)[nH]2)C1. The van der Waals surface area contributed by atoms with Crippen molar-refractivity contribution in [2.24, 2.45) is 0 Å². The highest BCUT2D eigenvalue weighted by Gasteiger charge is 2.26. The van der Waals surface area contributed by atoms with E-state index in [9.17, 15) is 14.0 Å². The Hall–Kier alpha value is -3.35. The number of halogens is 1. The molecule has 1 aliphatic heterocycles. The van der Waals surface area contributed by atoms with Crippen molar-refractivity contribution in [3.8, 4) is 11.3 Å². The van der Waals surface area contributed by atoms with Crippen molar-refractivity contribution in [2.45, 2.75) is 25.2 Å². The number of likely N-dealkylation sites (tertiary alicyclic amines) is 1. The van der Waals surface area contributed by atoms with Crippen LogP contribution in [-0.2, 0) is 11.2 Å². The Balaban J connectivity index is 1.52. The maximum Gasteiger partial charge on any atom is 0.251 e. The zero-order chi connectivity index (χ0) is 20.2. The summed E-state index contributed by atoms with van der Waals surface area (Å²) in [7, 11) is 0. The Kier molecular flexibility index (Phi) is 5.46. The smallest absolute Gasteiger partial charge is 0.251 e. The fourth-order valence-corrected chi connectivity index (χ4v) is 3.70. The van der Waals surface area contributed by atoms with Gasteiger partial charge in [0.05, 0.1) is 12.1 Å². The summed E-state index contributed by atoms with van der Waals surface area (Å²) in [5.74, 6) is 0.150. The van der Waals surface area contributed by atoms with Crippen molar-refractivity contribution in [2.75, 3.05) is 13.1 Å². The predicted octanol–water partition coefficient (Wildman–Crippen LogP) is 2.92. The monoisotopic (exact) mass is 392 g/mol. The number of nitrogens with one attached hydrogen (secondary N) is 1. The molecule has 0 bridgehead atoms. The molecule has 7 heteroatoms. The first-order valence-electron chi connectivity index (χ1n) is 9.62. The normalized spacial score (nSPS) is 16.6. The molecular weight excluding hydrogens is 371 g/mol. The number of benzene rings is 1. The van der Waals surface area contributed by atoms with Gasteiger partial charge >= 0.3 is 0 Å². The number of aromatic amines is 1. The van der Waals surface area contributed by atoms with E-state index in [2.05, 4.69) is 15.0 Å². The minimum atomic E-state index is -0.346. The summed E-state index contributed by atoms with van der Waals surface area (Å²) in [6.07, 6.45) is 5.14. The molecule has 6 nitrogen and oxygen atoms in total. The number of rotatable bonds is 4. The maximum atomic E-state index is 13.4. The molecule has 0 aliphatic carbocycles. The van der Waals surface area contributed by atoms with E-state index in [0.717, 1.165) is 18.4 Å². The molecule has 1 aromatic carbocycles. The number of amides is 1. The van der Waals surface area contributed by atoms with Gasteiger partial charge in [-0.3, -0.25) is 14.6 Å². The van der Waals surface area contributed by atoms with E-state index in [-0.39, 0.29) is 29.6 Å². The number of hydrogen-bond acceptors (Lipinski definition) is 4. The Morgan fingerprint density at radius 2 is 2.03 bits per heavy atom. The third-order valence-electron chi connectivity index (χ3n) is 5.14. The molecule has 1 saturated heterocycles. The molecule has 1 atom stereocenters. The lowest BCUT2D eigenvalue weighted by Crippen LogP contribution is -2.40. The fourth-order valence-electron chi connectivity index (χ4n) is 3.70. The minimum absolute atomic E-state index is 0.0466. The molecule has 1 N–H and O–H groups in total. The van der Waals surface area contributed by atoms with Crippen LogP contribution in [0, 0.1) is 5.82 Å². The Morgan fingerprint density at radius 1 is 1.21 bits per heavy atom. The van der Waals surface area contributed by atoms with Gasteiger partial charge in [0.25, 0.3) is 5.56 Å². The summed E-state index contributed by atoms with van der Waals surface area (Å²) < 4.78 is 13.4. The number of hydrogen-bond donors (Lipinski definition) is 1. The van der Waals surface area contributed by atoms with Crippen molar-refractivity contribution in [3.63, 3.8) is 0 Å². The molecule has 148 valence electrons. The first-order valence-corrected chi connectivity index (χ1v) is 9.62. The second-order valence-corrected chi connectivity index (χ2v) is 7.24. The Labute approximate surface area is 167 Å². The van der Waals surface area contributed by atoms with E-state index in [4.69, 9.17) is 0 Å². The lowest BCUT2D eigenvalue weighted by atomic mass is 9.96. The van der Waals surface area contributed by atoms with Crippen LogP contribution in [0.1, 0.15) is 30.1 Å². The van der Waals surface area contributed by atoms with Crippen LogP contribution >= 0.6 is 0 Å². The van der Waals surface area contributed by atoms with Crippen molar-refractivity contribution in [3.05, 3.63) is 82.4 Å². The molecule has 0 unspecified atom stereocenters. The van der Waals surface area contributed by atoms with Crippen molar-refractivity contribution in [1.82, 2.24) is 19.9 Å². The minimum Gasteiger partial charge on any atom is -0.342 e. The number of carbonyl (C=O) groups is 1. The van der Waals surface area contributed by atoms with Gasteiger partial charge < -0.3 is 9.88 Å². The molecule has 0 spiro atoms. The second-order valence-electron chi connectivity index (χ2n) is 7.24. The van der Waals surface area contributed by atoms with Crippen molar-refractivity contribution >= 4 is 5.91 Å². The molecule has 2 aromatic heterocycles. The fraction of sp³-hybridized carbons (Fsp3) is 0.273. The van der Waals surface area contributed by atoms with Crippen LogP contribution in [-0.4, -0.2) is 38.8 Å². The Morgan fingerprint density at radius 3 is 2.83 bits per heavy atom. The van der Waals surface area contributed by atoms with Gasteiger partial charge in [-0.05, 0) is 42.7 Å². The topological polar surface area (TPSA) is 79.0 Å². The first kappa shape index (κ1) is 19.0. The number of carbonyl (C=O) groups excluding carboxylic acids is 1. The van der Waals surface area contributed by atoms with Crippen molar-refractivity contribution < 1.29 is 9.18 Å². The van der Waals surface area contributed by atoms with Gasteiger partial charge in [0.15, 0.2) is 0 Å². The average molecular weight is 392 g/mol. The molecule has 1 fully saturated rings. The molecule has 3 aromatic rings. The molecule has 1 aliphatic rings. The van der Waals surface area contributed by atoms with Gasteiger partial charge in [-0.15, -0.1) is 0 Å². The zero-order valence-electron chi connectivity index (χ0n) is 15.8. The van der Waals surface area contributed by atoms with Crippen LogP contribution in [0.2, 0.25) is 0 Å². The van der Waals surface area contributed by atoms with Crippen molar-refractivity contribution in [1.29, 1.82) is 0 Å². The number of H-pyrrole nitrogens is 1. The molecule has 3 heterocycles. The second kappa shape index (κ2) is 8.34. The summed E-state index contributed by atoms with van der Waals surface area (Å²) in [6.45, 7) is 1.13. The molecular formula is C22H21FN4O2. The quantitative estimate of drug-likeness (QED) is 0.741. The highest BCUT2D eigenvalue weighted by atomic mass is 19.1. The van der Waals surface area contributed by atoms with Crippen LogP contribution < -0.4 is 5.56 Å². The number of nitrogens with zero attached hydrogens (tertiary/aromatic N) is 3. The summed E-state index contributed by atoms with van der Waals surface area (Å²) >= 11 is 0. The number of aromatic nitrogens is 3. The lowest BCUT2D eigenvalue weighted by Gasteiger charge is -2.32. The van der Waals surface area contributed by atoms with E-state index in [0.29, 0.717) is 30.2 Å². The summed E-state index contributed by atoms with van der Waals surface area (Å²) in [6, 6.07) is 11.2. The molecule has 0 saturated carbocycles. The van der Waals surface area contributed by atoms with Crippen LogP contribution in [0.4, 0.5) is 4.39 Å². The van der Waals surface area contributed by atoms with Gasteiger partial charge in [-0.25, -0.2) is 9.37 Å². The first-order chi connectivity index (χ1) is 14.1. The largest absolute Gasteiger partial charge is 0.342 e. The standard InChI is InChI=1S/C22H21FN4O2/c23-18-5-1-3-15(11-18)12-21(29)27-10-2-4-17(14-27)22-25-19(13-20(28)26-22)16-6-8-24-9-7-16/h1,3,5-9,11,13,17H,2,4,10,12,14H2,(H,25,26,28)/t17-/m0/s1. The van der Waals surface area contributed by atoms with Crippen LogP contribution in [0.25, 0.3) is 11.3 Å². The predicted molar refractivity (Wildman–Crippen MR) is 107 cm³/mol. The average Bonchev–Trinajstić information content (AvgIpc) is 2.74. The van der Waals surface area contributed by atoms with E-state index in [1.807, 2.05) is 0 Å². The third-order valence-corrected chi connectivity index (χ3v) is 5.14. The van der Waals surface area contributed by atoms with Gasteiger partial charge in [-0.1, -0.05) is 12.1 Å². The van der Waals surface area contributed by atoms with Gasteiger partial charge in [0.2, 0.25) is 5.91 Å². The van der Waals surface area contributed by atoms with E-state index in [1.54, 1.807) is 41.6 Å². The third kappa shape index (κ3) is 4.56. The van der Waals surface area contributed by atoms with Gasteiger partial charge in [0, 0.05) is 43.0 Å². The van der Waals surface area contributed by atoms with Crippen LogP contribution in [0.3, 0.4) is 0 Å². The molecule has 1 amide bonds. The van der Waals surface area contributed by atoms with Gasteiger partial charge in [-0.2, -0.15) is 0 Å². The van der Waals surface area contributed by atoms with Crippen LogP contribution in [0.5, 0.6) is 0 Å². The van der Waals surface area contributed by atoms with Crippen LogP contribution in [0.15, 0.2) is 59.7 Å². The summed E-state index contributed by atoms with van der Waals surface area (Å²) in [5.41, 5.74) is 1.85. The van der Waals surface area contributed by atoms with Gasteiger partial charge in [0.1, 0.15) is 11.6 Å². The zero-order valence-corrected chi connectivity index (χ0v) is 15.8. The molecule has 4 rings (SSSR count). The highest BCUT2D eigenvalue weighted by molar-refractivity contribution is 5.79. The highest BCUT2D eigenvalue weighted by Crippen LogP contribution is 2.26.